The van der Waals surface area contributed by atoms with Crippen LogP contribution in [0, 0.1) is 5.92 Å². The molecule has 1 unspecified atom stereocenters. The standard InChI is InChI=1S/C14H19NO3/c1-5-10-7-12(8-11(10)6-2)13(9(3)16)15-14(17)18-4/h5-6,12-13H,1-2,7-8H2,3-4H3,(H,15,17). The number of carbonyl (C=O) groups is 2. The number of ketones is 1. The molecule has 0 bridgehead atoms. The molecule has 0 heterocycles. The van der Waals surface area contributed by atoms with E-state index in [0.29, 0.717) is 0 Å². The van der Waals surface area contributed by atoms with Gasteiger partial charge >= 0.3 is 6.09 Å². The van der Waals surface area contributed by atoms with Gasteiger partial charge in [0.1, 0.15) is 0 Å². The summed E-state index contributed by atoms with van der Waals surface area (Å²) < 4.78 is 4.54. The number of rotatable bonds is 5. The maximum Gasteiger partial charge on any atom is 0.407 e. The molecular formula is C14H19NO3. The van der Waals surface area contributed by atoms with Crippen LogP contribution in [0.2, 0.25) is 0 Å². The molecule has 0 aromatic carbocycles. The van der Waals surface area contributed by atoms with E-state index in [0.717, 1.165) is 24.0 Å². The number of carbonyl (C=O) groups excluding carboxylic acids is 2. The molecule has 4 heteroatoms. The predicted octanol–water partition coefficient (Wildman–Crippen LogP) is 2.38. The highest BCUT2D eigenvalue weighted by molar-refractivity contribution is 5.85. The van der Waals surface area contributed by atoms with Crippen molar-refractivity contribution >= 4 is 11.9 Å². The molecule has 0 aliphatic heterocycles. The second-order valence-electron chi connectivity index (χ2n) is 4.35. The van der Waals surface area contributed by atoms with E-state index < -0.39 is 12.1 Å². The molecule has 1 rings (SSSR count). The van der Waals surface area contributed by atoms with Crippen molar-refractivity contribution in [3.63, 3.8) is 0 Å². The zero-order valence-corrected chi connectivity index (χ0v) is 10.9. The molecule has 98 valence electrons. The van der Waals surface area contributed by atoms with E-state index in [9.17, 15) is 9.59 Å². The summed E-state index contributed by atoms with van der Waals surface area (Å²) in [6.07, 6.45) is 4.43. The summed E-state index contributed by atoms with van der Waals surface area (Å²) in [7, 11) is 1.28. The fraction of sp³-hybridized carbons (Fsp3) is 0.429. The van der Waals surface area contributed by atoms with Crippen LogP contribution in [0.4, 0.5) is 4.79 Å². The van der Waals surface area contributed by atoms with Crippen molar-refractivity contribution in [3.05, 3.63) is 36.5 Å². The van der Waals surface area contributed by atoms with Gasteiger partial charge in [0.2, 0.25) is 0 Å². The van der Waals surface area contributed by atoms with Crippen LogP contribution in [0.3, 0.4) is 0 Å². The lowest BCUT2D eigenvalue weighted by atomic mass is 9.92. The molecule has 18 heavy (non-hydrogen) atoms. The van der Waals surface area contributed by atoms with Crippen LogP contribution in [0.15, 0.2) is 36.5 Å². The van der Waals surface area contributed by atoms with E-state index in [-0.39, 0.29) is 11.7 Å². The van der Waals surface area contributed by atoms with Gasteiger partial charge in [-0.05, 0) is 36.8 Å². The van der Waals surface area contributed by atoms with Gasteiger partial charge in [0.25, 0.3) is 0 Å². The Morgan fingerprint density at radius 1 is 1.33 bits per heavy atom. The minimum absolute atomic E-state index is 0.0441. The zero-order chi connectivity index (χ0) is 13.7. The van der Waals surface area contributed by atoms with Gasteiger partial charge < -0.3 is 10.1 Å². The van der Waals surface area contributed by atoms with E-state index in [2.05, 4.69) is 23.2 Å². The molecule has 0 aromatic heterocycles. The van der Waals surface area contributed by atoms with Gasteiger partial charge in [0, 0.05) is 0 Å². The number of hydrogen-bond acceptors (Lipinski definition) is 3. The highest BCUT2D eigenvalue weighted by Crippen LogP contribution is 2.35. The largest absolute Gasteiger partial charge is 0.453 e. The van der Waals surface area contributed by atoms with E-state index >= 15 is 0 Å². The summed E-state index contributed by atoms with van der Waals surface area (Å²) in [6, 6.07) is -0.523. The summed E-state index contributed by atoms with van der Waals surface area (Å²) in [5, 5.41) is 2.59. The van der Waals surface area contributed by atoms with Crippen molar-refractivity contribution in [1.29, 1.82) is 0 Å². The third kappa shape index (κ3) is 3.09. The summed E-state index contributed by atoms with van der Waals surface area (Å²) >= 11 is 0. The van der Waals surface area contributed by atoms with Gasteiger partial charge in [0.05, 0.1) is 13.2 Å². The van der Waals surface area contributed by atoms with Crippen LogP contribution >= 0.6 is 0 Å². The molecule has 0 aromatic rings. The maximum atomic E-state index is 11.6. The fourth-order valence-corrected chi connectivity index (χ4v) is 2.30. The first kappa shape index (κ1) is 14.2. The van der Waals surface area contributed by atoms with Crippen LogP contribution in [0.5, 0.6) is 0 Å². The number of nitrogens with one attached hydrogen (secondary N) is 1. The Labute approximate surface area is 107 Å². The number of alkyl carbamates (subject to hydrolysis) is 1. The SMILES string of the molecule is C=CC1=C(C=C)CC(C(NC(=O)OC)C(C)=O)C1. The molecule has 0 spiro atoms. The highest BCUT2D eigenvalue weighted by atomic mass is 16.5. The third-order valence-electron chi connectivity index (χ3n) is 3.24. The normalized spacial score (nSPS) is 17.2. The lowest BCUT2D eigenvalue weighted by molar-refractivity contribution is -0.120. The van der Waals surface area contributed by atoms with Gasteiger partial charge in [-0.3, -0.25) is 4.79 Å². The average molecular weight is 249 g/mol. The molecule has 1 atom stereocenters. The molecule has 1 aliphatic carbocycles. The Hall–Kier alpha value is -1.84. The van der Waals surface area contributed by atoms with Crippen molar-refractivity contribution in [2.24, 2.45) is 5.92 Å². The topological polar surface area (TPSA) is 55.4 Å². The predicted molar refractivity (Wildman–Crippen MR) is 70.2 cm³/mol. The first-order valence-electron chi connectivity index (χ1n) is 5.85. The van der Waals surface area contributed by atoms with Gasteiger partial charge in [-0.25, -0.2) is 4.79 Å². The van der Waals surface area contributed by atoms with Crippen LogP contribution < -0.4 is 5.32 Å². The van der Waals surface area contributed by atoms with Crippen molar-refractivity contribution in [1.82, 2.24) is 5.32 Å². The van der Waals surface area contributed by atoms with Gasteiger partial charge in [-0.1, -0.05) is 25.3 Å². The molecule has 4 nitrogen and oxygen atoms in total. The Kier molecular flexibility index (Phi) is 4.89. The summed E-state index contributed by atoms with van der Waals surface area (Å²) in [6.45, 7) is 8.98. The van der Waals surface area contributed by atoms with Crippen LogP contribution in [0.25, 0.3) is 0 Å². The van der Waals surface area contributed by atoms with Gasteiger partial charge in [0.15, 0.2) is 5.78 Å². The van der Waals surface area contributed by atoms with Crippen LogP contribution in [-0.4, -0.2) is 25.0 Å². The van der Waals surface area contributed by atoms with Crippen LogP contribution in [0.1, 0.15) is 19.8 Å². The molecule has 0 radical (unpaired) electrons. The van der Waals surface area contributed by atoms with Gasteiger partial charge in [-0.15, -0.1) is 0 Å². The molecule has 1 aliphatic rings. The van der Waals surface area contributed by atoms with Crippen molar-refractivity contribution in [2.75, 3.05) is 7.11 Å². The van der Waals surface area contributed by atoms with Crippen LogP contribution in [-0.2, 0) is 9.53 Å². The Morgan fingerprint density at radius 2 is 1.83 bits per heavy atom. The number of hydrogen-bond donors (Lipinski definition) is 1. The van der Waals surface area contributed by atoms with E-state index in [1.54, 1.807) is 12.2 Å². The lowest BCUT2D eigenvalue weighted by Crippen LogP contribution is -2.44. The number of Topliss-reactive ketones (excluding diaryl/α,β-unsaturated/α-hetero) is 1. The maximum absolute atomic E-state index is 11.6. The number of allylic oxidation sites excluding steroid dienone is 4. The Morgan fingerprint density at radius 3 is 2.17 bits per heavy atom. The molecule has 0 saturated carbocycles. The lowest BCUT2D eigenvalue weighted by Gasteiger charge is -2.21. The molecule has 1 amide bonds. The smallest absolute Gasteiger partial charge is 0.407 e. The summed E-state index contributed by atoms with van der Waals surface area (Å²) in [5.41, 5.74) is 2.18. The first-order valence-corrected chi connectivity index (χ1v) is 5.85. The number of ether oxygens (including phenoxy) is 1. The minimum Gasteiger partial charge on any atom is -0.453 e. The van der Waals surface area contributed by atoms with Crippen molar-refractivity contribution in [2.45, 2.75) is 25.8 Å². The fourth-order valence-electron chi connectivity index (χ4n) is 2.30. The Bertz CT molecular complexity index is 389. The van der Waals surface area contributed by atoms with E-state index in [1.165, 1.54) is 14.0 Å². The minimum atomic E-state index is -0.581. The van der Waals surface area contributed by atoms with E-state index in [4.69, 9.17) is 0 Å². The molecule has 1 N–H and O–H groups in total. The van der Waals surface area contributed by atoms with E-state index in [1.807, 2.05) is 0 Å². The first-order chi connectivity index (χ1) is 8.53. The second-order valence-corrected chi connectivity index (χ2v) is 4.35. The number of methoxy groups -OCH3 is 1. The zero-order valence-electron chi connectivity index (χ0n) is 10.9. The van der Waals surface area contributed by atoms with Crippen molar-refractivity contribution < 1.29 is 14.3 Å². The quantitative estimate of drug-likeness (QED) is 0.813. The third-order valence-corrected chi connectivity index (χ3v) is 3.24. The molecular weight excluding hydrogens is 230 g/mol. The summed E-state index contributed by atoms with van der Waals surface area (Å²) in [5.74, 6) is -0.0262. The second kappa shape index (κ2) is 6.19. The molecule has 0 fully saturated rings. The average Bonchev–Trinajstić information content (AvgIpc) is 2.77. The number of amides is 1. The highest BCUT2D eigenvalue weighted by Gasteiger charge is 2.32. The van der Waals surface area contributed by atoms with Gasteiger partial charge in [-0.2, -0.15) is 0 Å². The molecule has 0 saturated heterocycles. The monoisotopic (exact) mass is 249 g/mol. The van der Waals surface area contributed by atoms with Crippen molar-refractivity contribution in [3.8, 4) is 0 Å². The Balaban J connectivity index is 2.80. The summed E-state index contributed by atoms with van der Waals surface area (Å²) in [4.78, 5) is 22.9.